The van der Waals surface area contributed by atoms with Crippen molar-refractivity contribution in [3.05, 3.63) is 16.1 Å². The molecular formula is C13H24N2S. The minimum absolute atomic E-state index is 0.152. The summed E-state index contributed by atoms with van der Waals surface area (Å²) >= 11 is 1.73. The van der Waals surface area contributed by atoms with E-state index in [9.17, 15) is 0 Å². The summed E-state index contributed by atoms with van der Waals surface area (Å²) in [6.07, 6.45) is 8.52. The number of rotatable bonds is 8. The lowest BCUT2D eigenvalue weighted by molar-refractivity contribution is 0.627. The van der Waals surface area contributed by atoms with Crippen LogP contribution in [-0.4, -0.2) is 4.98 Å². The van der Waals surface area contributed by atoms with Crippen LogP contribution in [0, 0.1) is 0 Å². The maximum absolute atomic E-state index is 6.04. The second-order valence-electron chi connectivity index (χ2n) is 4.38. The smallest absolute Gasteiger partial charge is 0.110 e. The molecule has 0 aliphatic heterocycles. The molecule has 16 heavy (non-hydrogen) atoms. The molecule has 1 unspecified atom stereocenters. The Morgan fingerprint density at radius 1 is 1.25 bits per heavy atom. The largest absolute Gasteiger partial charge is 0.322 e. The summed E-state index contributed by atoms with van der Waals surface area (Å²) in [5.74, 6) is 0. The van der Waals surface area contributed by atoms with Gasteiger partial charge in [-0.1, -0.05) is 39.5 Å². The monoisotopic (exact) mass is 240 g/mol. The fraction of sp³-hybridized carbons (Fsp3) is 0.769. The summed E-state index contributed by atoms with van der Waals surface area (Å²) in [5.41, 5.74) is 7.28. The van der Waals surface area contributed by atoms with Crippen LogP contribution in [0.2, 0.25) is 0 Å². The van der Waals surface area contributed by atoms with Crippen molar-refractivity contribution in [1.82, 2.24) is 4.98 Å². The number of aromatic nitrogens is 1. The van der Waals surface area contributed by atoms with Gasteiger partial charge >= 0.3 is 0 Å². The van der Waals surface area contributed by atoms with Crippen LogP contribution >= 0.6 is 11.3 Å². The molecule has 0 spiro atoms. The molecule has 0 aliphatic carbocycles. The van der Waals surface area contributed by atoms with Crippen LogP contribution in [0.4, 0.5) is 0 Å². The Kier molecular flexibility index (Phi) is 6.65. The highest BCUT2D eigenvalue weighted by Gasteiger charge is 2.09. The van der Waals surface area contributed by atoms with Gasteiger partial charge in [-0.25, -0.2) is 4.98 Å². The molecule has 1 atom stereocenters. The minimum atomic E-state index is 0.152. The number of nitrogens with zero attached hydrogens (tertiary/aromatic N) is 1. The summed E-state index contributed by atoms with van der Waals surface area (Å²) in [4.78, 5) is 4.62. The third-order valence-electron chi connectivity index (χ3n) is 2.77. The van der Waals surface area contributed by atoms with Crippen LogP contribution in [0.15, 0.2) is 5.38 Å². The van der Waals surface area contributed by atoms with E-state index in [0.29, 0.717) is 0 Å². The van der Waals surface area contributed by atoms with E-state index in [2.05, 4.69) is 24.2 Å². The van der Waals surface area contributed by atoms with Gasteiger partial charge in [0, 0.05) is 5.38 Å². The molecule has 0 saturated heterocycles. The first-order valence-electron chi connectivity index (χ1n) is 6.47. The number of hydrogen-bond acceptors (Lipinski definition) is 3. The Bertz CT molecular complexity index is 283. The standard InChI is InChI=1S/C13H24N2S/c1-3-5-6-7-9-11-10-16-13(15-11)12(14)8-4-2/h10,12H,3-9,14H2,1-2H3. The van der Waals surface area contributed by atoms with Gasteiger partial charge < -0.3 is 5.73 Å². The molecule has 1 rings (SSSR count). The highest BCUT2D eigenvalue weighted by atomic mass is 32.1. The van der Waals surface area contributed by atoms with E-state index in [1.165, 1.54) is 31.4 Å². The number of unbranched alkanes of at least 4 members (excludes halogenated alkanes) is 3. The fourth-order valence-electron chi connectivity index (χ4n) is 1.78. The molecule has 0 fully saturated rings. The molecule has 0 aliphatic rings. The van der Waals surface area contributed by atoms with E-state index in [-0.39, 0.29) is 6.04 Å². The average molecular weight is 240 g/mol. The van der Waals surface area contributed by atoms with E-state index >= 15 is 0 Å². The van der Waals surface area contributed by atoms with Crippen molar-refractivity contribution in [3.8, 4) is 0 Å². The van der Waals surface area contributed by atoms with Gasteiger partial charge in [-0.05, 0) is 19.3 Å². The van der Waals surface area contributed by atoms with Crippen molar-refractivity contribution in [2.24, 2.45) is 5.73 Å². The lowest BCUT2D eigenvalue weighted by Crippen LogP contribution is -2.09. The lowest BCUT2D eigenvalue weighted by atomic mass is 10.1. The van der Waals surface area contributed by atoms with Crippen LogP contribution in [-0.2, 0) is 6.42 Å². The summed E-state index contributed by atoms with van der Waals surface area (Å²) in [6, 6.07) is 0.152. The molecule has 0 amide bonds. The summed E-state index contributed by atoms with van der Waals surface area (Å²) in [7, 11) is 0. The summed E-state index contributed by atoms with van der Waals surface area (Å²) in [5, 5.41) is 3.30. The fourth-order valence-corrected chi connectivity index (χ4v) is 2.67. The Hall–Kier alpha value is -0.410. The molecule has 0 bridgehead atoms. The SMILES string of the molecule is CCCCCCc1csc(C(N)CCC)n1. The van der Waals surface area contributed by atoms with Gasteiger partial charge in [0.15, 0.2) is 0 Å². The number of aryl methyl sites for hydroxylation is 1. The van der Waals surface area contributed by atoms with E-state index in [1.54, 1.807) is 11.3 Å². The molecule has 2 nitrogen and oxygen atoms in total. The van der Waals surface area contributed by atoms with Crippen molar-refractivity contribution in [1.29, 1.82) is 0 Å². The van der Waals surface area contributed by atoms with Crippen LogP contribution in [0.5, 0.6) is 0 Å². The van der Waals surface area contributed by atoms with E-state index in [0.717, 1.165) is 24.3 Å². The van der Waals surface area contributed by atoms with Gasteiger partial charge in [0.1, 0.15) is 5.01 Å². The summed E-state index contributed by atoms with van der Waals surface area (Å²) < 4.78 is 0. The van der Waals surface area contributed by atoms with Gasteiger partial charge in [-0.3, -0.25) is 0 Å². The molecule has 0 aromatic carbocycles. The molecule has 0 radical (unpaired) electrons. The maximum Gasteiger partial charge on any atom is 0.110 e. The Balaban J connectivity index is 2.33. The van der Waals surface area contributed by atoms with E-state index in [4.69, 9.17) is 5.73 Å². The van der Waals surface area contributed by atoms with Gasteiger partial charge in [-0.15, -0.1) is 11.3 Å². The van der Waals surface area contributed by atoms with Gasteiger partial charge in [0.2, 0.25) is 0 Å². The molecule has 2 N–H and O–H groups in total. The first-order chi connectivity index (χ1) is 7.77. The molecule has 1 aromatic rings. The van der Waals surface area contributed by atoms with Gasteiger partial charge in [0.25, 0.3) is 0 Å². The van der Waals surface area contributed by atoms with E-state index in [1.807, 2.05) is 0 Å². The highest BCUT2D eigenvalue weighted by Crippen LogP contribution is 2.21. The molecule has 1 aromatic heterocycles. The van der Waals surface area contributed by atoms with Crippen molar-refractivity contribution >= 4 is 11.3 Å². The predicted molar refractivity (Wildman–Crippen MR) is 71.8 cm³/mol. The third kappa shape index (κ3) is 4.62. The molecule has 92 valence electrons. The van der Waals surface area contributed by atoms with Crippen molar-refractivity contribution in [3.63, 3.8) is 0 Å². The second kappa shape index (κ2) is 7.80. The first kappa shape index (κ1) is 13.7. The predicted octanol–water partition coefficient (Wildman–Crippen LogP) is 4.07. The Labute approximate surface area is 103 Å². The Morgan fingerprint density at radius 3 is 2.75 bits per heavy atom. The third-order valence-corrected chi connectivity index (χ3v) is 3.80. The zero-order valence-corrected chi connectivity index (χ0v) is 11.4. The molecule has 0 saturated carbocycles. The zero-order valence-electron chi connectivity index (χ0n) is 10.5. The Morgan fingerprint density at radius 2 is 2.06 bits per heavy atom. The second-order valence-corrected chi connectivity index (χ2v) is 5.27. The average Bonchev–Trinajstić information content (AvgIpc) is 2.73. The zero-order chi connectivity index (χ0) is 11.8. The molecule has 3 heteroatoms. The van der Waals surface area contributed by atoms with Crippen molar-refractivity contribution in [2.45, 2.75) is 64.8 Å². The summed E-state index contributed by atoms with van der Waals surface area (Å²) in [6.45, 7) is 4.41. The van der Waals surface area contributed by atoms with E-state index < -0.39 is 0 Å². The van der Waals surface area contributed by atoms with Crippen LogP contribution in [0.3, 0.4) is 0 Å². The normalized spacial score (nSPS) is 12.9. The first-order valence-corrected chi connectivity index (χ1v) is 7.35. The van der Waals surface area contributed by atoms with Gasteiger partial charge in [-0.2, -0.15) is 0 Å². The van der Waals surface area contributed by atoms with Crippen LogP contribution < -0.4 is 5.73 Å². The highest BCUT2D eigenvalue weighted by molar-refractivity contribution is 7.09. The number of hydrogen-bond donors (Lipinski definition) is 1. The number of thiazole rings is 1. The van der Waals surface area contributed by atoms with Gasteiger partial charge in [0.05, 0.1) is 11.7 Å². The molecule has 1 heterocycles. The molecular weight excluding hydrogens is 216 g/mol. The van der Waals surface area contributed by atoms with Crippen molar-refractivity contribution < 1.29 is 0 Å². The number of nitrogens with two attached hydrogens (primary N) is 1. The maximum atomic E-state index is 6.04. The van der Waals surface area contributed by atoms with Crippen LogP contribution in [0.25, 0.3) is 0 Å². The minimum Gasteiger partial charge on any atom is -0.322 e. The van der Waals surface area contributed by atoms with Crippen LogP contribution in [0.1, 0.15) is 69.1 Å². The van der Waals surface area contributed by atoms with Crippen molar-refractivity contribution in [2.75, 3.05) is 0 Å². The topological polar surface area (TPSA) is 38.9 Å². The quantitative estimate of drug-likeness (QED) is 0.696. The lowest BCUT2D eigenvalue weighted by Gasteiger charge is -2.05.